The van der Waals surface area contributed by atoms with Crippen LogP contribution in [-0.2, 0) is 0 Å². The lowest BCUT2D eigenvalue weighted by Crippen LogP contribution is -2.24. The van der Waals surface area contributed by atoms with Crippen molar-refractivity contribution < 1.29 is 9.90 Å². The normalized spacial score (nSPS) is 12.1. The van der Waals surface area contributed by atoms with Gasteiger partial charge in [-0.05, 0) is 19.1 Å². The number of aromatic nitrogens is 2. The highest BCUT2D eigenvalue weighted by Crippen LogP contribution is 2.27. The van der Waals surface area contributed by atoms with E-state index in [0.29, 0.717) is 10.0 Å². The number of benzene rings is 1. The Morgan fingerprint density at radius 2 is 2.06 bits per heavy atom. The Balaban J connectivity index is 2.19. The van der Waals surface area contributed by atoms with E-state index in [1.54, 1.807) is 19.1 Å². The van der Waals surface area contributed by atoms with Crippen LogP contribution in [0.25, 0.3) is 10.6 Å². The van der Waals surface area contributed by atoms with E-state index < -0.39 is 6.09 Å². The summed E-state index contributed by atoms with van der Waals surface area (Å²) in [4.78, 5) is 10.5. The van der Waals surface area contributed by atoms with Gasteiger partial charge < -0.3 is 10.4 Å². The van der Waals surface area contributed by atoms with Crippen molar-refractivity contribution >= 4 is 29.0 Å². The van der Waals surface area contributed by atoms with Crippen molar-refractivity contribution in [1.29, 1.82) is 0 Å². The summed E-state index contributed by atoms with van der Waals surface area (Å²) in [5.41, 5.74) is 0.908. The van der Waals surface area contributed by atoms with Gasteiger partial charge in [0.15, 0.2) is 0 Å². The molecule has 5 nitrogen and oxygen atoms in total. The highest BCUT2D eigenvalue weighted by molar-refractivity contribution is 7.14. The van der Waals surface area contributed by atoms with Crippen molar-refractivity contribution in [2.24, 2.45) is 0 Å². The lowest BCUT2D eigenvalue weighted by atomic mass is 10.2. The van der Waals surface area contributed by atoms with Crippen LogP contribution < -0.4 is 5.32 Å². The molecule has 1 unspecified atom stereocenters. The summed E-state index contributed by atoms with van der Waals surface area (Å²) in [7, 11) is 0. The molecule has 2 N–H and O–H groups in total. The van der Waals surface area contributed by atoms with Crippen LogP contribution in [0.15, 0.2) is 24.3 Å². The van der Waals surface area contributed by atoms with E-state index in [4.69, 9.17) is 16.7 Å². The van der Waals surface area contributed by atoms with Gasteiger partial charge in [0.25, 0.3) is 0 Å². The van der Waals surface area contributed by atoms with Gasteiger partial charge in [0.2, 0.25) is 0 Å². The summed E-state index contributed by atoms with van der Waals surface area (Å²) in [5, 5.41) is 21.0. The number of amides is 1. The predicted molar refractivity (Wildman–Crippen MR) is 69.9 cm³/mol. The molecule has 94 valence electrons. The van der Waals surface area contributed by atoms with Crippen molar-refractivity contribution in [1.82, 2.24) is 15.5 Å². The minimum Gasteiger partial charge on any atom is -0.465 e. The Hall–Kier alpha value is -1.66. The third-order valence-electron chi connectivity index (χ3n) is 2.24. The number of hydrogen-bond donors (Lipinski definition) is 2. The Bertz CT molecular complexity index is 556. The molecule has 0 saturated heterocycles. The second-order valence-electron chi connectivity index (χ2n) is 3.62. The summed E-state index contributed by atoms with van der Waals surface area (Å²) in [6.07, 6.45) is -1.08. The lowest BCUT2D eigenvalue weighted by Gasteiger charge is -2.05. The number of rotatable bonds is 3. The smallest absolute Gasteiger partial charge is 0.405 e. The summed E-state index contributed by atoms with van der Waals surface area (Å²) < 4.78 is 0. The summed E-state index contributed by atoms with van der Waals surface area (Å²) in [6, 6.07) is 6.87. The molecule has 0 aliphatic heterocycles. The van der Waals surface area contributed by atoms with Gasteiger partial charge in [-0.1, -0.05) is 35.1 Å². The topological polar surface area (TPSA) is 75.1 Å². The fourth-order valence-corrected chi connectivity index (χ4v) is 2.34. The van der Waals surface area contributed by atoms with Crippen LogP contribution in [0.3, 0.4) is 0 Å². The van der Waals surface area contributed by atoms with Crippen LogP contribution in [0.1, 0.15) is 18.0 Å². The summed E-state index contributed by atoms with van der Waals surface area (Å²) in [6.45, 7) is 1.72. The zero-order valence-corrected chi connectivity index (χ0v) is 11.0. The molecule has 1 heterocycles. The van der Waals surface area contributed by atoms with Gasteiger partial charge in [-0.3, -0.25) is 0 Å². The lowest BCUT2D eigenvalue weighted by molar-refractivity contribution is 0.191. The minimum absolute atomic E-state index is 0.374. The molecule has 1 aromatic heterocycles. The van der Waals surface area contributed by atoms with E-state index in [1.165, 1.54) is 11.3 Å². The van der Waals surface area contributed by atoms with Crippen molar-refractivity contribution in [3.8, 4) is 10.6 Å². The first-order chi connectivity index (χ1) is 8.56. The maximum Gasteiger partial charge on any atom is 0.405 e. The van der Waals surface area contributed by atoms with Gasteiger partial charge in [0.05, 0.1) is 6.04 Å². The van der Waals surface area contributed by atoms with E-state index >= 15 is 0 Å². The molecule has 0 spiro atoms. The molecule has 1 amide bonds. The third kappa shape index (κ3) is 2.96. The van der Waals surface area contributed by atoms with E-state index in [2.05, 4.69) is 15.5 Å². The Morgan fingerprint density at radius 3 is 2.67 bits per heavy atom. The Labute approximate surface area is 112 Å². The quantitative estimate of drug-likeness (QED) is 0.907. The van der Waals surface area contributed by atoms with Crippen molar-refractivity contribution in [3.05, 3.63) is 34.3 Å². The Kier molecular flexibility index (Phi) is 3.78. The third-order valence-corrected chi connectivity index (χ3v) is 3.65. The average Bonchev–Trinajstić information content (AvgIpc) is 2.78. The monoisotopic (exact) mass is 283 g/mol. The first kappa shape index (κ1) is 12.8. The molecule has 0 fully saturated rings. The zero-order valence-electron chi connectivity index (χ0n) is 9.42. The minimum atomic E-state index is -1.08. The fourth-order valence-electron chi connectivity index (χ4n) is 1.37. The Morgan fingerprint density at radius 1 is 1.39 bits per heavy atom. The molecule has 0 saturated carbocycles. The maximum atomic E-state index is 10.5. The van der Waals surface area contributed by atoms with E-state index in [0.717, 1.165) is 10.6 Å². The molecule has 2 rings (SSSR count). The van der Waals surface area contributed by atoms with Crippen LogP contribution in [0.2, 0.25) is 5.02 Å². The predicted octanol–water partition coefficient (Wildman–Crippen LogP) is 3.19. The molecule has 18 heavy (non-hydrogen) atoms. The van der Waals surface area contributed by atoms with Crippen LogP contribution in [0.5, 0.6) is 0 Å². The second kappa shape index (κ2) is 5.32. The van der Waals surface area contributed by atoms with Gasteiger partial charge in [0, 0.05) is 10.6 Å². The van der Waals surface area contributed by atoms with Gasteiger partial charge in [-0.15, -0.1) is 10.2 Å². The molecular formula is C11H10ClN3O2S. The number of halogens is 1. The average molecular weight is 284 g/mol. The molecule has 1 atom stereocenters. The molecule has 0 aliphatic carbocycles. The van der Waals surface area contributed by atoms with Gasteiger partial charge >= 0.3 is 6.09 Å². The van der Waals surface area contributed by atoms with Crippen LogP contribution in [0.4, 0.5) is 4.79 Å². The molecule has 0 bridgehead atoms. The number of nitrogens with zero attached hydrogens (tertiary/aromatic N) is 2. The van der Waals surface area contributed by atoms with E-state index in [-0.39, 0.29) is 6.04 Å². The molecule has 0 radical (unpaired) electrons. The van der Waals surface area contributed by atoms with Crippen molar-refractivity contribution in [3.63, 3.8) is 0 Å². The number of nitrogens with one attached hydrogen (secondary N) is 1. The van der Waals surface area contributed by atoms with Gasteiger partial charge in [-0.25, -0.2) is 4.79 Å². The number of hydrogen-bond acceptors (Lipinski definition) is 4. The van der Waals surface area contributed by atoms with Crippen LogP contribution >= 0.6 is 22.9 Å². The zero-order chi connectivity index (χ0) is 13.1. The van der Waals surface area contributed by atoms with E-state index in [9.17, 15) is 4.79 Å². The van der Waals surface area contributed by atoms with Crippen molar-refractivity contribution in [2.45, 2.75) is 13.0 Å². The molecular weight excluding hydrogens is 274 g/mol. The SMILES string of the molecule is CC(NC(=O)O)c1nnc(-c2ccc(Cl)cc2)s1. The largest absolute Gasteiger partial charge is 0.465 e. The highest BCUT2D eigenvalue weighted by Gasteiger charge is 2.14. The van der Waals surface area contributed by atoms with Crippen LogP contribution in [0, 0.1) is 0 Å². The van der Waals surface area contributed by atoms with Crippen LogP contribution in [-0.4, -0.2) is 21.4 Å². The fraction of sp³-hybridized carbons (Fsp3) is 0.182. The number of carbonyl (C=O) groups is 1. The number of carboxylic acid groups (broad SMARTS) is 1. The molecule has 0 aliphatic rings. The highest BCUT2D eigenvalue weighted by atomic mass is 35.5. The van der Waals surface area contributed by atoms with Crippen molar-refractivity contribution in [2.75, 3.05) is 0 Å². The first-order valence-electron chi connectivity index (χ1n) is 5.15. The van der Waals surface area contributed by atoms with E-state index in [1.807, 2.05) is 12.1 Å². The second-order valence-corrected chi connectivity index (χ2v) is 5.07. The molecule has 7 heteroatoms. The molecule has 1 aromatic carbocycles. The first-order valence-corrected chi connectivity index (χ1v) is 6.34. The van der Waals surface area contributed by atoms with Gasteiger partial charge in [0.1, 0.15) is 10.0 Å². The van der Waals surface area contributed by atoms with Gasteiger partial charge in [-0.2, -0.15) is 0 Å². The summed E-state index contributed by atoms with van der Waals surface area (Å²) in [5.74, 6) is 0. The standard InChI is InChI=1S/C11H10ClN3O2S/c1-6(13-11(16)17)9-14-15-10(18-9)7-2-4-8(12)5-3-7/h2-6,13H,1H3,(H,16,17). The maximum absolute atomic E-state index is 10.5. The summed E-state index contributed by atoms with van der Waals surface area (Å²) >= 11 is 7.15. The molecule has 2 aromatic rings.